The lowest BCUT2D eigenvalue weighted by molar-refractivity contribution is -0.137. The van der Waals surface area contributed by atoms with Gasteiger partial charge in [0.25, 0.3) is 0 Å². The van der Waals surface area contributed by atoms with E-state index in [1.54, 1.807) is 6.07 Å². The van der Waals surface area contributed by atoms with Crippen molar-refractivity contribution in [3.05, 3.63) is 29.3 Å². The number of aromatic amines is 1. The number of pyridine rings is 1. The van der Waals surface area contributed by atoms with Crippen LogP contribution in [0.15, 0.2) is 18.5 Å². The molecule has 0 bridgehead atoms. The highest BCUT2D eigenvalue weighted by molar-refractivity contribution is 6.31. The Morgan fingerprint density at radius 2 is 2.11 bits per heavy atom. The fourth-order valence-electron chi connectivity index (χ4n) is 2.54. The Balaban J connectivity index is 2.01. The highest BCUT2D eigenvalue weighted by atomic mass is 35.5. The lowest BCUT2D eigenvalue weighted by atomic mass is 9.85. The maximum atomic E-state index is 14.3. The SMILES string of the molecule is CC(C)(C)C(CC(=O)O)Nc1nc(-c2n[nH]c3ncc(Cl)cc23)ncc1F. The normalized spacial score (nSPS) is 12.9. The molecule has 3 aromatic heterocycles. The lowest BCUT2D eigenvalue weighted by Gasteiger charge is -2.30. The first-order valence-corrected chi connectivity index (χ1v) is 8.54. The van der Waals surface area contributed by atoms with Gasteiger partial charge in [-0.15, -0.1) is 0 Å². The van der Waals surface area contributed by atoms with E-state index in [1.807, 2.05) is 20.8 Å². The van der Waals surface area contributed by atoms with Gasteiger partial charge in [0, 0.05) is 12.2 Å². The zero-order chi connectivity index (χ0) is 19.8. The van der Waals surface area contributed by atoms with Gasteiger partial charge in [-0.25, -0.2) is 19.3 Å². The summed E-state index contributed by atoms with van der Waals surface area (Å²) in [6.07, 6.45) is 2.31. The molecule has 10 heteroatoms. The molecule has 0 aliphatic heterocycles. The molecule has 1 atom stereocenters. The standard InChI is InChI=1S/C17H18ClFN6O2/c1-17(2,3)11(5-12(26)27)22-15-10(19)7-21-16(23-15)13-9-4-8(18)6-20-14(9)25-24-13/h4,6-7,11H,5H2,1-3H3,(H,26,27)(H,20,24,25)(H,21,22,23). The van der Waals surface area contributed by atoms with Crippen LogP contribution in [0.1, 0.15) is 27.2 Å². The van der Waals surface area contributed by atoms with Gasteiger partial charge in [-0.05, 0) is 11.5 Å². The van der Waals surface area contributed by atoms with Crippen LogP contribution in [0, 0.1) is 11.2 Å². The van der Waals surface area contributed by atoms with E-state index in [2.05, 4.69) is 30.5 Å². The predicted molar refractivity (Wildman–Crippen MR) is 99.0 cm³/mol. The molecule has 3 rings (SSSR count). The molecule has 8 nitrogen and oxygen atoms in total. The number of hydrogen-bond acceptors (Lipinski definition) is 6. The van der Waals surface area contributed by atoms with Gasteiger partial charge in [0.1, 0.15) is 5.69 Å². The van der Waals surface area contributed by atoms with Crippen molar-refractivity contribution in [2.75, 3.05) is 5.32 Å². The van der Waals surface area contributed by atoms with Gasteiger partial charge < -0.3 is 10.4 Å². The molecule has 1 unspecified atom stereocenters. The summed E-state index contributed by atoms with van der Waals surface area (Å²) in [7, 11) is 0. The number of hydrogen-bond donors (Lipinski definition) is 3. The van der Waals surface area contributed by atoms with Gasteiger partial charge in [0.05, 0.1) is 23.0 Å². The van der Waals surface area contributed by atoms with Crippen molar-refractivity contribution in [3.8, 4) is 11.5 Å². The first-order valence-electron chi connectivity index (χ1n) is 8.16. The molecular weight excluding hydrogens is 375 g/mol. The number of nitrogens with one attached hydrogen (secondary N) is 2. The molecule has 27 heavy (non-hydrogen) atoms. The number of rotatable bonds is 5. The number of carboxylic acid groups (broad SMARTS) is 1. The largest absolute Gasteiger partial charge is 0.481 e. The van der Waals surface area contributed by atoms with E-state index in [4.69, 9.17) is 16.7 Å². The Morgan fingerprint density at radius 3 is 2.78 bits per heavy atom. The number of nitrogens with zero attached hydrogens (tertiary/aromatic N) is 4. The molecule has 0 aliphatic rings. The molecule has 0 fully saturated rings. The Kier molecular flexibility index (Phi) is 4.97. The molecule has 3 aromatic rings. The van der Waals surface area contributed by atoms with Crippen LogP contribution in [0.25, 0.3) is 22.6 Å². The van der Waals surface area contributed by atoms with Gasteiger partial charge >= 0.3 is 5.97 Å². The highest BCUT2D eigenvalue weighted by Crippen LogP contribution is 2.29. The minimum atomic E-state index is -0.990. The summed E-state index contributed by atoms with van der Waals surface area (Å²) in [6.45, 7) is 5.59. The second kappa shape index (κ2) is 7.07. The smallest absolute Gasteiger partial charge is 0.305 e. The van der Waals surface area contributed by atoms with Crippen LogP contribution in [-0.4, -0.2) is 42.3 Å². The molecule has 0 amide bonds. The zero-order valence-corrected chi connectivity index (χ0v) is 15.7. The van der Waals surface area contributed by atoms with Crippen LogP contribution in [0.3, 0.4) is 0 Å². The summed E-state index contributed by atoms with van der Waals surface area (Å²) in [5.41, 5.74) is 0.427. The summed E-state index contributed by atoms with van der Waals surface area (Å²) in [5, 5.41) is 19.9. The van der Waals surface area contributed by atoms with E-state index in [9.17, 15) is 9.18 Å². The fraction of sp³-hybridized carbons (Fsp3) is 0.353. The van der Waals surface area contributed by atoms with Gasteiger partial charge in [0.2, 0.25) is 0 Å². The fourth-order valence-corrected chi connectivity index (χ4v) is 2.70. The summed E-state index contributed by atoms with van der Waals surface area (Å²) < 4.78 is 14.3. The Bertz CT molecular complexity index is 1000. The third-order valence-corrected chi connectivity index (χ3v) is 4.28. The van der Waals surface area contributed by atoms with Crippen LogP contribution in [0.4, 0.5) is 10.2 Å². The highest BCUT2D eigenvalue weighted by Gasteiger charge is 2.28. The van der Waals surface area contributed by atoms with Crippen LogP contribution in [0.2, 0.25) is 5.02 Å². The maximum Gasteiger partial charge on any atom is 0.305 e. The van der Waals surface area contributed by atoms with Crippen molar-refractivity contribution >= 4 is 34.4 Å². The minimum Gasteiger partial charge on any atom is -0.481 e. The quantitative estimate of drug-likeness (QED) is 0.608. The first kappa shape index (κ1) is 19.0. The van der Waals surface area contributed by atoms with E-state index < -0.39 is 23.2 Å². The van der Waals surface area contributed by atoms with Crippen LogP contribution in [-0.2, 0) is 4.79 Å². The molecular formula is C17H18ClFN6O2. The molecule has 0 aliphatic carbocycles. The molecule has 0 aromatic carbocycles. The van der Waals surface area contributed by atoms with Crippen molar-refractivity contribution < 1.29 is 14.3 Å². The van der Waals surface area contributed by atoms with E-state index in [0.29, 0.717) is 21.7 Å². The number of H-pyrrole nitrogens is 1. The van der Waals surface area contributed by atoms with E-state index in [1.165, 1.54) is 6.20 Å². The molecule has 0 saturated carbocycles. The number of aromatic nitrogens is 5. The molecule has 142 valence electrons. The van der Waals surface area contributed by atoms with Crippen molar-refractivity contribution in [1.82, 2.24) is 25.1 Å². The van der Waals surface area contributed by atoms with Crippen molar-refractivity contribution in [2.24, 2.45) is 5.41 Å². The number of carboxylic acids is 1. The Morgan fingerprint density at radius 1 is 1.37 bits per heavy atom. The third kappa shape index (κ3) is 4.13. The van der Waals surface area contributed by atoms with Gasteiger partial charge in [-0.2, -0.15) is 5.10 Å². The number of fused-ring (bicyclic) bond motifs is 1. The van der Waals surface area contributed by atoms with Crippen molar-refractivity contribution in [3.63, 3.8) is 0 Å². The number of carbonyl (C=O) groups is 1. The van der Waals surface area contributed by atoms with Crippen LogP contribution < -0.4 is 5.32 Å². The molecule has 0 spiro atoms. The average Bonchev–Trinajstić information content (AvgIpc) is 2.98. The van der Waals surface area contributed by atoms with Gasteiger partial charge in [-0.1, -0.05) is 32.4 Å². The van der Waals surface area contributed by atoms with Crippen molar-refractivity contribution in [1.29, 1.82) is 0 Å². The summed E-state index contributed by atoms with van der Waals surface area (Å²) in [6, 6.07) is 1.12. The Hall–Kier alpha value is -2.81. The molecule has 0 saturated heterocycles. The second-order valence-electron chi connectivity index (χ2n) is 7.17. The van der Waals surface area contributed by atoms with E-state index >= 15 is 0 Å². The predicted octanol–water partition coefficient (Wildman–Crippen LogP) is 3.51. The zero-order valence-electron chi connectivity index (χ0n) is 14.9. The lowest BCUT2D eigenvalue weighted by Crippen LogP contribution is -2.36. The monoisotopic (exact) mass is 392 g/mol. The van der Waals surface area contributed by atoms with Gasteiger partial charge in [0.15, 0.2) is 23.1 Å². The van der Waals surface area contributed by atoms with Crippen LogP contribution in [0.5, 0.6) is 0 Å². The second-order valence-corrected chi connectivity index (χ2v) is 7.61. The topological polar surface area (TPSA) is 117 Å². The number of anilines is 1. The summed E-state index contributed by atoms with van der Waals surface area (Å²) in [5.74, 6) is -1.60. The summed E-state index contributed by atoms with van der Waals surface area (Å²) in [4.78, 5) is 23.5. The number of aliphatic carboxylic acids is 1. The van der Waals surface area contributed by atoms with Gasteiger partial charge in [-0.3, -0.25) is 9.89 Å². The molecule has 0 radical (unpaired) electrons. The summed E-state index contributed by atoms with van der Waals surface area (Å²) >= 11 is 5.99. The van der Waals surface area contributed by atoms with E-state index in [-0.39, 0.29) is 18.1 Å². The maximum absolute atomic E-state index is 14.3. The first-order chi connectivity index (χ1) is 12.6. The third-order valence-electron chi connectivity index (χ3n) is 4.07. The van der Waals surface area contributed by atoms with Crippen LogP contribution >= 0.6 is 11.6 Å². The number of halogens is 2. The van der Waals surface area contributed by atoms with Crippen molar-refractivity contribution in [2.45, 2.75) is 33.2 Å². The minimum absolute atomic E-state index is 0.0905. The average molecular weight is 393 g/mol. The molecule has 3 N–H and O–H groups in total. The molecule has 3 heterocycles. The van der Waals surface area contributed by atoms with E-state index in [0.717, 1.165) is 6.20 Å². The Labute approximate surface area is 159 Å².